The number of morpholine rings is 1. The Balaban J connectivity index is 1.28. The molecule has 2 saturated heterocycles. The molecule has 44 heavy (non-hydrogen) atoms. The Morgan fingerprint density at radius 2 is 1.70 bits per heavy atom. The number of nitrogens with zero attached hydrogens (tertiary/aromatic N) is 2. The van der Waals surface area contributed by atoms with Gasteiger partial charge in [-0.15, -0.1) is 0 Å². The molecular weight excluding hydrogens is 628 g/mol. The summed E-state index contributed by atoms with van der Waals surface area (Å²) in [5, 5.41) is 11.3. The molecule has 2 aromatic rings. The van der Waals surface area contributed by atoms with Crippen LogP contribution in [0.4, 0.5) is 11.4 Å². The van der Waals surface area contributed by atoms with Gasteiger partial charge in [0.2, 0.25) is 11.8 Å². The van der Waals surface area contributed by atoms with Gasteiger partial charge in [-0.05, 0) is 71.9 Å². The fraction of sp³-hybridized carbons (Fsp3) is 0.353. The first-order valence-electron chi connectivity index (χ1n) is 14.9. The van der Waals surface area contributed by atoms with Crippen molar-refractivity contribution in [3.8, 4) is 11.5 Å². The van der Waals surface area contributed by atoms with Crippen molar-refractivity contribution in [2.24, 2.45) is 17.8 Å². The van der Waals surface area contributed by atoms with E-state index in [1.54, 1.807) is 30.3 Å². The number of halogens is 1. The smallest absolute Gasteiger partial charge is 0.238 e. The van der Waals surface area contributed by atoms with Gasteiger partial charge in [0.1, 0.15) is 0 Å². The average molecular weight is 660 g/mol. The highest BCUT2D eigenvalue weighted by Crippen LogP contribution is 2.57. The van der Waals surface area contributed by atoms with Crippen molar-refractivity contribution >= 4 is 50.7 Å². The van der Waals surface area contributed by atoms with E-state index in [1.807, 2.05) is 25.1 Å². The molecule has 5 aliphatic rings. The largest absolute Gasteiger partial charge is 0.504 e. The molecule has 1 N–H and O–H groups in total. The van der Waals surface area contributed by atoms with Crippen molar-refractivity contribution in [2.75, 3.05) is 42.7 Å². The number of para-hydroxylation sites is 1. The summed E-state index contributed by atoms with van der Waals surface area (Å²) in [6.45, 7) is 4.99. The molecule has 226 valence electrons. The first-order chi connectivity index (χ1) is 21.3. The lowest BCUT2D eigenvalue weighted by molar-refractivity contribution is -0.123. The molecule has 7 rings (SSSR count). The third kappa shape index (κ3) is 4.45. The fourth-order valence-corrected chi connectivity index (χ4v) is 7.94. The van der Waals surface area contributed by atoms with Crippen molar-refractivity contribution in [1.29, 1.82) is 0 Å². The molecule has 4 unspecified atom stereocenters. The van der Waals surface area contributed by atoms with Gasteiger partial charge < -0.3 is 19.5 Å². The third-order valence-electron chi connectivity index (χ3n) is 9.46. The number of carbonyl (C=O) groups is 4. The number of Topliss-reactive ketones (excluding diaryl/α,β-unsaturated/α-hetero) is 1. The van der Waals surface area contributed by atoms with Crippen LogP contribution >= 0.6 is 15.9 Å². The molecule has 0 bridgehead atoms. The molecule has 10 heteroatoms. The number of phenols is 1. The second kappa shape index (κ2) is 11.2. The number of carbonyl (C=O) groups excluding carboxylic acids is 4. The summed E-state index contributed by atoms with van der Waals surface area (Å²) in [4.78, 5) is 58.5. The summed E-state index contributed by atoms with van der Waals surface area (Å²) in [6.07, 6.45) is 3.68. The number of ketones is 2. The summed E-state index contributed by atoms with van der Waals surface area (Å²) in [5.74, 6) is -3.62. The van der Waals surface area contributed by atoms with Gasteiger partial charge in [-0.25, -0.2) is 0 Å². The van der Waals surface area contributed by atoms with Gasteiger partial charge in [-0.1, -0.05) is 23.8 Å². The summed E-state index contributed by atoms with van der Waals surface area (Å²) in [7, 11) is 0. The number of phenolic OH excluding ortho intramolecular Hbond substituents is 1. The molecule has 2 fully saturated rings. The first-order valence-corrected chi connectivity index (χ1v) is 15.7. The second-order valence-electron chi connectivity index (χ2n) is 11.6. The van der Waals surface area contributed by atoms with Crippen LogP contribution in [0, 0.1) is 17.8 Å². The third-order valence-corrected chi connectivity index (χ3v) is 10.0. The number of hydrogen-bond acceptors (Lipinski definition) is 8. The van der Waals surface area contributed by atoms with Crippen LogP contribution in [0.3, 0.4) is 0 Å². The van der Waals surface area contributed by atoms with Crippen LogP contribution in [-0.4, -0.2) is 61.4 Å². The van der Waals surface area contributed by atoms with Crippen LogP contribution in [-0.2, 0) is 23.9 Å². The van der Waals surface area contributed by atoms with E-state index in [-0.39, 0.29) is 45.8 Å². The van der Waals surface area contributed by atoms with Crippen molar-refractivity contribution in [3.63, 3.8) is 0 Å². The molecule has 0 spiro atoms. The number of fused-ring (bicyclic) bond motifs is 3. The molecule has 2 amide bonds. The molecular formula is C34H31BrN2O7. The van der Waals surface area contributed by atoms with Gasteiger partial charge in [0.05, 0.1) is 41.8 Å². The fourth-order valence-electron chi connectivity index (χ4n) is 7.49. The lowest BCUT2D eigenvalue weighted by atomic mass is 9.59. The van der Waals surface area contributed by atoms with Crippen LogP contribution < -0.4 is 14.5 Å². The van der Waals surface area contributed by atoms with E-state index in [4.69, 9.17) is 9.47 Å². The maximum Gasteiger partial charge on any atom is 0.238 e. The highest BCUT2D eigenvalue weighted by molar-refractivity contribution is 9.12. The number of anilines is 2. The molecule has 0 radical (unpaired) electrons. The molecule has 3 aliphatic carbocycles. The van der Waals surface area contributed by atoms with E-state index in [9.17, 15) is 24.3 Å². The molecule has 4 atom stereocenters. The number of imide groups is 1. The van der Waals surface area contributed by atoms with E-state index in [0.717, 1.165) is 24.4 Å². The van der Waals surface area contributed by atoms with Crippen LogP contribution in [0.25, 0.3) is 0 Å². The van der Waals surface area contributed by atoms with E-state index in [1.165, 1.54) is 11.0 Å². The summed E-state index contributed by atoms with van der Waals surface area (Å²) in [5.41, 5.74) is 3.32. The van der Waals surface area contributed by atoms with E-state index in [0.29, 0.717) is 48.6 Å². The minimum atomic E-state index is -0.761. The van der Waals surface area contributed by atoms with Gasteiger partial charge in [-0.2, -0.15) is 0 Å². The Bertz CT molecular complexity index is 1690. The van der Waals surface area contributed by atoms with Crippen molar-refractivity contribution < 1.29 is 33.8 Å². The van der Waals surface area contributed by atoms with Crippen molar-refractivity contribution in [2.45, 2.75) is 25.7 Å². The number of benzene rings is 2. The normalized spacial score (nSPS) is 26.7. The number of rotatable bonds is 5. The number of allylic oxidation sites excluding steroid dienone is 6. The highest BCUT2D eigenvalue weighted by atomic mass is 79.9. The highest BCUT2D eigenvalue weighted by Gasteiger charge is 2.57. The number of hydrogen-bond donors (Lipinski definition) is 1. The molecule has 2 aliphatic heterocycles. The van der Waals surface area contributed by atoms with Gasteiger partial charge in [-0.3, -0.25) is 24.1 Å². The first kappa shape index (κ1) is 28.7. The van der Waals surface area contributed by atoms with Gasteiger partial charge in [0, 0.05) is 47.5 Å². The van der Waals surface area contributed by atoms with Crippen molar-refractivity contribution in [3.05, 3.63) is 81.4 Å². The standard InChI is InChI=1S/C34H31BrN2O7/c1-2-44-27-5-3-4-21(32(27)40)28-20-10-11-22-29(23(20)16-24-30(28)26(38)17-25(35)31(24)39)34(42)37(33(22)41)19-8-6-18(7-9-19)36-12-14-43-15-13-36/h3-10,17,22-23,28-29,40H,2,11-16H2,1H3. The van der Waals surface area contributed by atoms with Gasteiger partial charge in [0.15, 0.2) is 23.1 Å². The Kier molecular flexibility index (Phi) is 7.29. The minimum absolute atomic E-state index is 0.112. The van der Waals surface area contributed by atoms with E-state index < -0.39 is 23.7 Å². The second-order valence-corrected chi connectivity index (χ2v) is 12.5. The van der Waals surface area contributed by atoms with E-state index >= 15 is 0 Å². The van der Waals surface area contributed by atoms with Gasteiger partial charge in [0.25, 0.3) is 0 Å². The van der Waals surface area contributed by atoms with Gasteiger partial charge >= 0.3 is 0 Å². The Morgan fingerprint density at radius 3 is 2.43 bits per heavy atom. The lowest BCUT2D eigenvalue weighted by Crippen LogP contribution is -2.39. The predicted octanol–water partition coefficient (Wildman–Crippen LogP) is 4.59. The van der Waals surface area contributed by atoms with E-state index in [2.05, 4.69) is 20.8 Å². The zero-order valence-electron chi connectivity index (χ0n) is 24.1. The SMILES string of the molecule is CCOc1cccc(C2C3=CCC4C(=O)N(c5ccc(N6CCOCC6)cc5)C(=O)C4C3CC3=C2C(=O)C=C(Br)C3=O)c1O. The number of aromatic hydroxyl groups is 1. The lowest BCUT2D eigenvalue weighted by Gasteiger charge is -2.42. The molecule has 9 nitrogen and oxygen atoms in total. The zero-order chi connectivity index (χ0) is 30.7. The minimum Gasteiger partial charge on any atom is -0.504 e. The quantitative estimate of drug-likeness (QED) is 0.282. The molecule has 0 aromatic heterocycles. The maximum absolute atomic E-state index is 14.2. The van der Waals surface area contributed by atoms with Crippen LogP contribution in [0.15, 0.2) is 75.8 Å². The monoisotopic (exact) mass is 658 g/mol. The predicted molar refractivity (Wildman–Crippen MR) is 166 cm³/mol. The van der Waals surface area contributed by atoms with Crippen LogP contribution in [0.1, 0.15) is 31.2 Å². The summed E-state index contributed by atoms with van der Waals surface area (Å²) < 4.78 is 11.2. The Labute approximate surface area is 262 Å². The number of amides is 2. The van der Waals surface area contributed by atoms with Crippen molar-refractivity contribution in [1.82, 2.24) is 0 Å². The molecule has 0 saturated carbocycles. The summed E-state index contributed by atoms with van der Waals surface area (Å²) in [6, 6.07) is 12.6. The zero-order valence-corrected chi connectivity index (χ0v) is 25.7. The summed E-state index contributed by atoms with van der Waals surface area (Å²) >= 11 is 3.25. The average Bonchev–Trinajstić information content (AvgIpc) is 3.30. The van der Waals surface area contributed by atoms with Crippen LogP contribution in [0.5, 0.6) is 11.5 Å². The maximum atomic E-state index is 14.2. The van der Waals surface area contributed by atoms with Crippen LogP contribution in [0.2, 0.25) is 0 Å². The Morgan fingerprint density at radius 1 is 0.977 bits per heavy atom. The topological polar surface area (TPSA) is 113 Å². The Hall–Kier alpha value is -4.02. The molecule has 2 aromatic carbocycles. The molecule has 2 heterocycles. The number of ether oxygens (including phenoxy) is 2.